The molecule has 3 aromatic rings. The van der Waals surface area contributed by atoms with Crippen LogP contribution < -0.4 is 0 Å². The van der Waals surface area contributed by atoms with Crippen LogP contribution in [0.25, 0.3) is 0 Å². The minimum atomic E-state index is -4.71. The fourth-order valence-corrected chi connectivity index (χ4v) is 5.92. The van der Waals surface area contributed by atoms with Crippen molar-refractivity contribution in [1.29, 1.82) is 0 Å². The predicted octanol–water partition coefficient (Wildman–Crippen LogP) is 3.51. The topological polar surface area (TPSA) is 96.0 Å². The van der Waals surface area contributed by atoms with Crippen molar-refractivity contribution in [3.05, 3.63) is 75.8 Å². The number of benzene rings is 1. The molecule has 0 saturated carbocycles. The quantitative estimate of drug-likeness (QED) is 0.639. The van der Waals surface area contributed by atoms with Gasteiger partial charge in [0, 0.05) is 22.3 Å². The number of rotatable bonds is 2. The van der Waals surface area contributed by atoms with Gasteiger partial charge in [-0.25, -0.2) is 8.42 Å². The lowest BCUT2D eigenvalue weighted by Crippen LogP contribution is -2.41. The fourth-order valence-electron chi connectivity index (χ4n) is 3.98. The van der Waals surface area contributed by atoms with Gasteiger partial charge < -0.3 is 0 Å². The van der Waals surface area contributed by atoms with Crippen molar-refractivity contribution in [2.24, 2.45) is 0 Å². The molecule has 2 aliphatic rings. The van der Waals surface area contributed by atoms with Crippen molar-refractivity contribution < 1.29 is 26.4 Å². The number of aromatic amines is 1. The summed E-state index contributed by atoms with van der Waals surface area (Å²) in [5.74, 6) is -0.547. The van der Waals surface area contributed by atoms with E-state index in [0.717, 1.165) is 10.4 Å². The summed E-state index contributed by atoms with van der Waals surface area (Å²) in [6.07, 6.45) is -2.71. The molecule has 0 saturated heterocycles. The SMILES string of the molecule is O=C1c2[nH]ncc2C2c3cccc(Cl)c3C1N2S(=O)(=O)c1ccc(C(F)(F)F)nc1. The number of pyridine rings is 1. The summed E-state index contributed by atoms with van der Waals surface area (Å²) in [7, 11) is -4.42. The van der Waals surface area contributed by atoms with Gasteiger partial charge in [-0.15, -0.1) is 0 Å². The van der Waals surface area contributed by atoms with Gasteiger partial charge in [-0.2, -0.15) is 22.6 Å². The molecule has 0 fully saturated rings. The lowest BCUT2D eigenvalue weighted by atomic mass is 10.00. The maximum absolute atomic E-state index is 13.4. The van der Waals surface area contributed by atoms with Crippen LogP contribution in [0.1, 0.15) is 45.0 Å². The normalized spacial score (nSPS) is 20.9. The molecule has 0 amide bonds. The van der Waals surface area contributed by atoms with Crippen molar-refractivity contribution in [2.45, 2.75) is 23.2 Å². The van der Waals surface area contributed by atoms with Crippen LogP contribution in [0.15, 0.2) is 47.6 Å². The molecule has 2 atom stereocenters. The van der Waals surface area contributed by atoms with Crippen LogP contribution in [-0.2, 0) is 16.2 Å². The molecule has 2 bridgehead atoms. The van der Waals surface area contributed by atoms with Gasteiger partial charge >= 0.3 is 6.18 Å². The van der Waals surface area contributed by atoms with Crippen molar-refractivity contribution in [3.8, 4) is 0 Å². The first-order valence-electron chi connectivity index (χ1n) is 8.55. The van der Waals surface area contributed by atoms with Crippen LogP contribution in [0.3, 0.4) is 0 Å². The highest BCUT2D eigenvalue weighted by Crippen LogP contribution is 2.55. The van der Waals surface area contributed by atoms with Gasteiger partial charge in [0.2, 0.25) is 15.8 Å². The van der Waals surface area contributed by atoms with Gasteiger partial charge in [0.15, 0.2) is 0 Å². The Hall–Kier alpha value is -2.76. The second-order valence-corrected chi connectivity index (χ2v) is 9.07. The molecule has 2 aromatic heterocycles. The lowest BCUT2D eigenvalue weighted by Gasteiger charge is -2.32. The van der Waals surface area contributed by atoms with Crippen LogP contribution in [0, 0.1) is 0 Å². The van der Waals surface area contributed by atoms with E-state index in [-0.39, 0.29) is 10.7 Å². The maximum atomic E-state index is 13.4. The third kappa shape index (κ3) is 2.49. The van der Waals surface area contributed by atoms with E-state index in [9.17, 15) is 26.4 Å². The Labute approximate surface area is 172 Å². The number of hydrogen-bond acceptors (Lipinski definition) is 5. The standard InChI is InChI=1S/C18H10ClF3N4O3S/c19-11-3-1-2-9-13(11)16-17(27)14-10(7-24-25-14)15(9)26(16)30(28,29)8-4-5-12(23-6-8)18(20,21)22/h1-7,15-16H,(H,24,25). The second kappa shape index (κ2) is 6.13. The smallest absolute Gasteiger partial charge is 0.290 e. The molecule has 1 aromatic carbocycles. The minimum Gasteiger partial charge on any atom is -0.290 e. The van der Waals surface area contributed by atoms with Gasteiger partial charge in [-0.1, -0.05) is 23.7 Å². The first kappa shape index (κ1) is 19.2. The molecule has 1 N–H and O–H groups in total. The van der Waals surface area contributed by atoms with Crippen LogP contribution in [0.4, 0.5) is 13.2 Å². The first-order chi connectivity index (χ1) is 14.1. The molecule has 0 radical (unpaired) electrons. The van der Waals surface area contributed by atoms with Gasteiger partial charge in [0.1, 0.15) is 22.3 Å². The highest BCUT2D eigenvalue weighted by Gasteiger charge is 2.55. The van der Waals surface area contributed by atoms with Crippen molar-refractivity contribution in [2.75, 3.05) is 0 Å². The van der Waals surface area contributed by atoms with Crippen molar-refractivity contribution in [3.63, 3.8) is 0 Å². The van der Waals surface area contributed by atoms with Crippen LogP contribution in [-0.4, -0.2) is 33.7 Å². The summed E-state index contributed by atoms with van der Waals surface area (Å²) in [4.78, 5) is 15.9. The monoisotopic (exact) mass is 454 g/mol. The lowest BCUT2D eigenvalue weighted by molar-refractivity contribution is -0.141. The zero-order valence-corrected chi connectivity index (χ0v) is 16.3. The number of nitrogens with one attached hydrogen (secondary N) is 1. The number of fused-ring (bicyclic) bond motifs is 7. The van der Waals surface area contributed by atoms with Crippen LogP contribution in [0.5, 0.6) is 0 Å². The average molecular weight is 455 g/mol. The number of carbonyl (C=O) groups excluding carboxylic acids is 1. The Morgan fingerprint density at radius 2 is 1.83 bits per heavy atom. The number of nitrogens with zero attached hydrogens (tertiary/aromatic N) is 3. The molecule has 2 aliphatic heterocycles. The van der Waals surface area contributed by atoms with E-state index in [1.807, 2.05) is 0 Å². The molecule has 0 spiro atoms. The zero-order chi connectivity index (χ0) is 21.4. The molecular formula is C18H10ClF3N4O3S. The van der Waals surface area contributed by atoms with E-state index in [0.29, 0.717) is 29.0 Å². The van der Waals surface area contributed by atoms with Gasteiger partial charge in [-0.05, 0) is 23.8 Å². The van der Waals surface area contributed by atoms with E-state index in [1.165, 1.54) is 6.20 Å². The van der Waals surface area contributed by atoms with Gasteiger partial charge in [-0.3, -0.25) is 14.9 Å². The predicted molar refractivity (Wildman–Crippen MR) is 97.2 cm³/mol. The zero-order valence-electron chi connectivity index (χ0n) is 14.7. The molecule has 12 heteroatoms. The number of aromatic nitrogens is 3. The molecule has 30 heavy (non-hydrogen) atoms. The number of carbonyl (C=O) groups is 1. The number of sulfonamides is 1. The van der Waals surface area contributed by atoms with Crippen LogP contribution in [0.2, 0.25) is 5.02 Å². The maximum Gasteiger partial charge on any atom is 0.433 e. The number of Topliss-reactive ketones (excluding diaryl/α,β-unsaturated/α-hetero) is 1. The van der Waals surface area contributed by atoms with Gasteiger partial charge in [0.25, 0.3) is 0 Å². The van der Waals surface area contributed by atoms with E-state index in [2.05, 4.69) is 15.2 Å². The summed E-state index contributed by atoms with van der Waals surface area (Å²) >= 11 is 6.31. The summed E-state index contributed by atoms with van der Waals surface area (Å²) in [5, 5.41) is 6.68. The average Bonchev–Trinajstić information content (AvgIpc) is 3.28. The fraction of sp³-hybridized carbons (Fsp3) is 0.167. The largest absolute Gasteiger partial charge is 0.433 e. The van der Waals surface area contributed by atoms with Crippen LogP contribution >= 0.6 is 11.6 Å². The number of halogens is 4. The number of H-pyrrole nitrogens is 1. The summed E-state index contributed by atoms with van der Waals surface area (Å²) < 4.78 is 66.3. The van der Waals surface area contributed by atoms with E-state index < -0.39 is 44.7 Å². The molecule has 7 nitrogen and oxygen atoms in total. The van der Waals surface area contributed by atoms with Crippen molar-refractivity contribution in [1.82, 2.24) is 19.5 Å². The molecule has 5 rings (SSSR count). The third-order valence-corrected chi connectivity index (χ3v) is 7.37. The summed E-state index contributed by atoms with van der Waals surface area (Å²) in [6, 6.07) is 4.09. The number of hydrogen-bond donors (Lipinski definition) is 1. The summed E-state index contributed by atoms with van der Waals surface area (Å²) in [6.45, 7) is 0. The molecule has 4 heterocycles. The van der Waals surface area contributed by atoms with E-state index in [4.69, 9.17) is 11.6 Å². The Bertz CT molecular complexity index is 1300. The molecule has 154 valence electrons. The minimum absolute atomic E-state index is 0.175. The Balaban J connectivity index is 1.70. The highest BCUT2D eigenvalue weighted by molar-refractivity contribution is 7.89. The van der Waals surface area contributed by atoms with E-state index >= 15 is 0 Å². The second-order valence-electron chi connectivity index (χ2n) is 6.82. The number of alkyl halides is 3. The first-order valence-corrected chi connectivity index (χ1v) is 10.4. The van der Waals surface area contributed by atoms with E-state index in [1.54, 1.807) is 18.2 Å². The van der Waals surface area contributed by atoms with Crippen molar-refractivity contribution >= 4 is 27.4 Å². The molecule has 0 aliphatic carbocycles. The molecule has 2 unspecified atom stereocenters. The Morgan fingerprint density at radius 1 is 1.07 bits per heavy atom. The Morgan fingerprint density at radius 3 is 2.50 bits per heavy atom. The number of ketones is 1. The Kier molecular flexibility index (Phi) is 3.92. The highest BCUT2D eigenvalue weighted by atomic mass is 35.5. The molecular weight excluding hydrogens is 445 g/mol. The third-order valence-electron chi connectivity index (χ3n) is 5.22. The van der Waals surface area contributed by atoms with Gasteiger partial charge in [0.05, 0.1) is 12.2 Å². The summed E-state index contributed by atoms with van der Waals surface area (Å²) in [5.41, 5.74) is 0.171.